The Labute approximate surface area is 139 Å². The van der Waals surface area contributed by atoms with E-state index in [0.29, 0.717) is 5.56 Å². The molecule has 0 radical (unpaired) electrons. The van der Waals surface area contributed by atoms with E-state index in [4.69, 9.17) is 0 Å². The van der Waals surface area contributed by atoms with Crippen molar-refractivity contribution in [1.29, 1.82) is 0 Å². The van der Waals surface area contributed by atoms with Gasteiger partial charge in [0.05, 0.1) is 17.4 Å². The SMILES string of the molecule is Cc1cc(C)c(CNC(=O)[C@H](C)n2cnc3ccccc32)c(=O)[nH]1. The van der Waals surface area contributed by atoms with Crippen molar-refractivity contribution in [3.05, 3.63) is 63.8 Å². The average molecular weight is 324 g/mol. The van der Waals surface area contributed by atoms with Crippen molar-refractivity contribution in [2.24, 2.45) is 0 Å². The van der Waals surface area contributed by atoms with E-state index in [2.05, 4.69) is 15.3 Å². The molecule has 124 valence electrons. The predicted octanol–water partition coefficient (Wildman–Crippen LogP) is 2.22. The zero-order chi connectivity index (χ0) is 17.3. The maximum absolute atomic E-state index is 12.5. The Balaban J connectivity index is 1.77. The Bertz CT molecular complexity index is 955. The molecule has 0 spiro atoms. The maximum atomic E-state index is 12.5. The van der Waals surface area contributed by atoms with Gasteiger partial charge in [-0.2, -0.15) is 0 Å². The van der Waals surface area contributed by atoms with Gasteiger partial charge in [0.1, 0.15) is 6.04 Å². The summed E-state index contributed by atoms with van der Waals surface area (Å²) in [5.74, 6) is -0.155. The van der Waals surface area contributed by atoms with E-state index in [1.165, 1.54) is 0 Å². The second-order valence-electron chi connectivity index (χ2n) is 5.98. The zero-order valence-electron chi connectivity index (χ0n) is 14.0. The van der Waals surface area contributed by atoms with E-state index in [1.54, 1.807) is 6.33 Å². The fraction of sp³-hybridized carbons (Fsp3) is 0.278. The molecule has 6 heteroatoms. The van der Waals surface area contributed by atoms with E-state index in [0.717, 1.165) is 22.3 Å². The highest BCUT2D eigenvalue weighted by Gasteiger charge is 2.17. The van der Waals surface area contributed by atoms with Gasteiger partial charge in [-0.1, -0.05) is 12.1 Å². The molecule has 1 aromatic carbocycles. The Kier molecular flexibility index (Phi) is 4.20. The number of amides is 1. The molecule has 2 N–H and O–H groups in total. The van der Waals surface area contributed by atoms with Gasteiger partial charge in [-0.25, -0.2) is 4.98 Å². The number of imidazole rings is 1. The second kappa shape index (κ2) is 6.31. The van der Waals surface area contributed by atoms with Crippen molar-refractivity contribution in [2.75, 3.05) is 0 Å². The topological polar surface area (TPSA) is 79.8 Å². The summed E-state index contributed by atoms with van der Waals surface area (Å²) in [6, 6.07) is 9.15. The van der Waals surface area contributed by atoms with Crippen molar-refractivity contribution >= 4 is 16.9 Å². The van der Waals surface area contributed by atoms with Crippen LogP contribution < -0.4 is 10.9 Å². The van der Waals surface area contributed by atoms with Gasteiger partial charge in [-0.3, -0.25) is 9.59 Å². The number of H-pyrrole nitrogens is 1. The normalized spacial score (nSPS) is 12.3. The summed E-state index contributed by atoms with van der Waals surface area (Å²) in [4.78, 5) is 31.6. The molecule has 0 saturated carbocycles. The lowest BCUT2D eigenvalue weighted by Gasteiger charge is -2.15. The zero-order valence-corrected chi connectivity index (χ0v) is 14.0. The van der Waals surface area contributed by atoms with Gasteiger partial charge in [0, 0.05) is 17.8 Å². The van der Waals surface area contributed by atoms with Gasteiger partial charge in [0.15, 0.2) is 0 Å². The lowest BCUT2D eigenvalue weighted by molar-refractivity contribution is -0.123. The number of hydrogen-bond donors (Lipinski definition) is 2. The number of benzene rings is 1. The van der Waals surface area contributed by atoms with Crippen molar-refractivity contribution in [2.45, 2.75) is 33.4 Å². The number of nitrogens with zero attached hydrogens (tertiary/aromatic N) is 2. The number of hydrogen-bond acceptors (Lipinski definition) is 3. The summed E-state index contributed by atoms with van der Waals surface area (Å²) in [5.41, 5.74) is 3.86. The van der Waals surface area contributed by atoms with Crippen LogP contribution in [0.4, 0.5) is 0 Å². The summed E-state index contributed by atoms with van der Waals surface area (Å²) < 4.78 is 1.83. The van der Waals surface area contributed by atoms with Crippen LogP contribution in [0.25, 0.3) is 11.0 Å². The van der Waals surface area contributed by atoms with Crippen LogP contribution in [-0.4, -0.2) is 20.4 Å². The number of carbonyl (C=O) groups is 1. The maximum Gasteiger partial charge on any atom is 0.253 e. The fourth-order valence-electron chi connectivity index (χ4n) is 2.84. The molecule has 0 aliphatic rings. The molecule has 1 atom stereocenters. The van der Waals surface area contributed by atoms with Crippen LogP contribution in [0.1, 0.15) is 29.8 Å². The summed E-state index contributed by atoms with van der Waals surface area (Å²) in [7, 11) is 0. The molecule has 1 amide bonds. The molecular weight excluding hydrogens is 304 g/mol. The number of nitrogens with one attached hydrogen (secondary N) is 2. The first kappa shape index (κ1) is 16.0. The number of fused-ring (bicyclic) bond motifs is 1. The molecule has 2 heterocycles. The van der Waals surface area contributed by atoms with Crippen LogP contribution in [0.2, 0.25) is 0 Å². The summed E-state index contributed by atoms with van der Waals surface area (Å²) >= 11 is 0. The van der Waals surface area contributed by atoms with Crippen LogP contribution in [0, 0.1) is 13.8 Å². The van der Waals surface area contributed by atoms with Crippen LogP contribution in [0.3, 0.4) is 0 Å². The van der Waals surface area contributed by atoms with E-state index < -0.39 is 6.04 Å². The minimum absolute atomic E-state index is 0.155. The van der Waals surface area contributed by atoms with Crippen molar-refractivity contribution in [1.82, 2.24) is 19.9 Å². The number of para-hydroxylation sites is 2. The number of aromatic amines is 1. The third-order valence-corrected chi connectivity index (χ3v) is 4.21. The number of aromatic nitrogens is 3. The molecule has 0 aliphatic carbocycles. The molecule has 3 rings (SSSR count). The van der Waals surface area contributed by atoms with Crippen LogP contribution >= 0.6 is 0 Å². The quantitative estimate of drug-likeness (QED) is 0.772. The largest absolute Gasteiger partial charge is 0.350 e. The fourth-order valence-corrected chi connectivity index (χ4v) is 2.84. The highest BCUT2D eigenvalue weighted by Crippen LogP contribution is 2.17. The minimum atomic E-state index is -0.415. The molecular formula is C18H20N4O2. The Morgan fingerprint density at radius 2 is 2.08 bits per heavy atom. The van der Waals surface area contributed by atoms with Crippen molar-refractivity contribution in [3.63, 3.8) is 0 Å². The molecule has 0 fully saturated rings. The lowest BCUT2D eigenvalue weighted by Crippen LogP contribution is -2.32. The third kappa shape index (κ3) is 2.95. The van der Waals surface area contributed by atoms with Gasteiger partial charge in [0.25, 0.3) is 5.56 Å². The van der Waals surface area contributed by atoms with E-state index in [-0.39, 0.29) is 18.0 Å². The van der Waals surface area contributed by atoms with Crippen LogP contribution in [0.15, 0.2) is 41.5 Å². The average Bonchev–Trinajstić information content (AvgIpc) is 2.96. The summed E-state index contributed by atoms with van der Waals surface area (Å²) in [5, 5.41) is 2.85. The van der Waals surface area contributed by atoms with Gasteiger partial charge in [-0.15, -0.1) is 0 Å². The second-order valence-corrected chi connectivity index (χ2v) is 5.98. The van der Waals surface area contributed by atoms with E-state index in [9.17, 15) is 9.59 Å². The Morgan fingerprint density at radius 3 is 2.83 bits per heavy atom. The standard InChI is InChI=1S/C18H20N4O2/c1-11-8-12(2)21-18(24)14(11)9-19-17(23)13(3)22-10-20-15-6-4-5-7-16(15)22/h4-8,10,13H,9H2,1-3H3,(H,19,23)(H,21,24)/t13-/m0/s1. The smallest absolute Gasteiger partial charge is 0.253 e. The van der Waals surface area contributed by atoms with Gasteiger partial charge in [0.2, 0.25) is 5.91 Å². The number of rotatable bonds is 4. The molecule has 24 heavy (non-hydrogen) atoms. The Morgan fingerprint density at radius 1 is 1.33 bits per heavy atom. The molecule has 2 aromatic heterocycles. The molecule has 0 aliphatic heterocycles. The molecule has 0 unspecified atom stereocenters. The van der Waals surface area contributed by atoms with Crippen LogP contribution in [0.5, 0.6) is 0 Å². The van der Waals surface area contributed by atoms with Crippen molar-refractivity contribution in [3.8, 4) is 0 Å². The lowest BCUT2D eigenvalue weighted by atomic mass is 10.1. The first-order chi connectivity index (χ1) is 11.5. The highest BCUT2D eigenvalue weighted by atomic mass is 16.2. The van der Waals surface area contributed by atoms with Crippen LogP contribution in [-0.2, 0) is 11.3 Å². The van der Waals surface area contributed by atoms with Gasteiger partial charge >= 0.3 is 0 Å². The predicted molar refractivity (Wildman–Crippen MR) is 92.8 cm³/mol. The minimum Gasteiger partial charge on any atom is -0.350 e. The number of carbonyl (C=O) groups excluding carboxylic acids is 1. The number of aryl methyl sites for hydroxylation is 2. The first-order valence-corrected chi connectivity index (χ1v) is 7.86. The molecule has 6 nitrogen and oxygen atoms in total. The molecule has 0 saturated heterocycles. The van der Waals surface area contributed by atoms with Gasteiger partial charge in [-0.05, 0) is 44.5 Å². The third-order valence-electron chi connectivity index (χ3n) is 4.21. The van der Waals surface area contributed by atoms with Crippen molar-refractivity contribution < 1.29 is 4.79 Å². The van der Waals surface area contributed by atoms with E-state index >= 15 is 0 Å². The molecule has 3 aromatic rings. The first-order valence-electron chi connectivity index (χ1n) is 7.86. The number of pyridine rings is 1. The van der Waals surface area contributed by atoms with Gasteiger partial charge < -0.3 is 14.9 Å². The van der Waals surface area contributed by atoms with E-state index in [1.807, 2.05) is 55.7 Å². The Hall–Kier alpha value is -2.89. The summed E-state index contributed by atoms with van der Waals surface area (Å²) in [6.07, 6.45) is 1.67. The molecule has 0 bridgehead atoms. The monoisotopic (exact) mass is 324 g/mol. The highest BCUT2D eigenvalue weighted by molar-refractivity contribution is 5.83. The summed E-state index contributed by atoms with van der Waals surface area (Å²) in [6.45, 7) is 5.73.